The van der Waals surface area contributed by atoms with Crippen LogP contribution >= 0.6 is 0 Å². The zero-order chi connectivity index (χ0) is 14.6. The lowest BCUT2D eigenvalue weighted by Crippen LogP contribution is -2.63. The van der Waals surface area contributed by atoms with Crippen molar-refractivity contribution >= 4 is 16.6 Å². The van der Waals surface area contributed by atoms with E-state index in [1.54, 1.807) is 7.11 Å². The number of hydrogen-bond acceptors (Lipinski definition) is 3. The van der Waals surface area contributed by atoms with Gasteiger partial charge in [0.15, 0.2) is 0 Å². The molecular formula is C13H32O3Si2. The number of ether oxygens (including phenoxy) is 1. The molecule has 0 rings (SSSR count). The molecule has 0 aromatic heterocycles. The Kier molecular flexibility index (Phi) is 6.77. The number of hydrogen-bond donors (Lipinski definition) is 1. The van der Waals surface area contributed by atoms with E-state index in [2.05, 4.69) is 33.9 Å². The minimum absolute atomic E-state index is 0.186. The highest BCUT2D eigenvalue weighted by atomic mass is 28.4. The molecule has 5 heteroatoms. The van der Waals surface area contributed by atoms with E-state index in [0.717, 1.165) is 19.3 Å². The van der Waals surface area contributed by atoms with Crippen LogP contribution in [0.15, 0.2) is 0 Å². The molecule has 0 saturated carbocycles. The minimum atomic E-state index is -2.36. The monoisotopic (exact) mass is 292 g/mol. The second-order valence-electron chi connectivity index (χ2n) is 6.10. The molecule has 0 aromatic rings. The third-order valence-electron chi connectivity index (χ3n) is 4.15. The van der Waals surface area contributed by atoms with Crippen LogP contribution in [0, 0.1) is 0 Å². The second-order valence-corrected chi connectivity index (χ2v) is 14.2. The number of methoxy groups -OCH3 is 1. The molecule has 0 saturated heterocycles. The summed E-state index contributed by atoms with van der Waals surface area (Å²) in [6.07, 6.45) is 2.71. The predicted molar refractivity (Wildman–Crippen MR) is 82.7 cm³/mol. The van der Waals surface area contributed by atoms with E-state index in [1.165, 1.54) is 0 Å². The highest BCUT2D eigenvalue weighted by molar-refractivity contribution is 6.77. The molecule has 0 fully saturated rings. The van der Waals surface area contributed by atoms with E-state index in [-0.39, 0.29) is 11.0 Å². The molecule has 0 spiro atoms. The SMILES string of the molecule is CCC(OC)[Si](C)(C)OC(CC)(CC)[Si](C)(C)O. The fourth-order valence-corrected chi connectivity index (χ4v) is 9.39. The first-order valence-electron chi connectivity index (χ1n) is 7.05. The Hall–Kier alpha value is 0.314. The van der Waals surface area contributed by atoms with Crippen LogP contribution in [-0.2, 0) is 9.16 Å². The first-order valence-corrected chi connectivity index (χ1v) is 13.0. The molecule has 1 unspecified atom stereocenters. The van der Waals surface area contributed by atoms with Crippen LogP contribution in [0.25, 0.3) is 0 Å². The standard InChI is InChI=1S/C13H32O3Si2/c1-9-12(15-4)17(5,6)16-13(10-2,11-3)18(7,8)14/h12,14H,9-11H2,1-8H3. The summed E-state index contributed by atoms with van der Waals surface area (Å²) in [4.78, 5) is 10.6. The van der Waals surface area contributed by atoms with Gasteiger partial charge < -0.3 is 14.0 Å². The molecule has 18 heavy (non-hydrogen) atoms. The van der Waals surface area contributed by atoms with Crippen LogP contribution in [0.5, 0.6) is 0 Å². The normalized spacial score (nSPS) is 15.8. The van der Waals surface area contributed by atoms with Crippen molar-refractivity contribution in [1.29, 1.82) is 0 Å². The first-order chi connectivity index (χ1) is 8.10. The molecular weight excluding hydrogens is 260 g/mol. The van der Waals surface area contributed by atoms with Gasteiger partial charge in [0.05, 0.1) is 11.0 Å². The average molecular weight is 293 g/mol. The molecule has 0 aliphatic rings. The number of rotatable bonds is 8. The fourth-order valence-electron chi connectivity index (χ4n) is 2.90. The summed E-state index contributed by atoms with van der Waals surface area (Å²) in [7, 11) is -2.57. The second kappa shape index (κ2) is 6.65. The van der Waals surface area contributed by atoms with Crippen LogP contribution in [0.1, 0.15) is 40.0 Å². The van der Waals surface area contributed by atoms with E-state index < -0.39 is 16.6 Å². The Bertz CT molecular complexity index is 241. The smallest absolute Gasteiger partial charge is 0.215 e. The quantitative estimate of drug-likeness (QED) is 0.696. The van der Waals surface area contributed by atoms with Crippen LogP contribution < -0.4 is 0 Å². The van der Waals surface area contributed by atoms with E-state index in [1.807, 2.05) is 13.1 Å². The molecule has 0 aromatic carbocycles. The van der Waals surface area contributed by atoms with Crippen molar-refractivity contribution in [3.63, 3.8) is 0 Å². The van der Waals surface area contributed by atoms with Crippen molar-refractivity contribution in [2.75, 3.05) is 7.11 Å². The molecule has 0 aliphatic heterocycles. The van der Waals surface area contributed by atoms with Crippen molar-refractivity contribution in [2.24, 2.45) is 0 Å². The van der Waals surface area contributed by atoms with Gasteiger partial charge in [-0.3, -0.25) is 0 Å². The molecule has 0 bridgehead atoms. The van der Waals surface area contributed by atoms with E-state index in [0.29, 0.717) is 0 Å². The van der Waals surface area contributed by atoms with Crippen molar-refractivity contribution in [3.05, 3.63) is 0 Å². The molecule has 1 N–H and O–H groups in total. The maximum atomic E-state index is 10.6. The van der Waals surface area contributed by atoms with Crippen molar-refractivity contribution < 1.29 is 14.0 Å². The van der Waals surface area contributed by atoms with Crippen LogP contribution in [0.3, 0.4) is 0 Å². The summed E-state index contributed by atoms with van der Waals surface area (Å²) >= 11 is 0. The third kappa shape index (κ3) is 3.90. The van der Waals surface area contributed by atoms with Gasteiger partial charge in [0, 0.05) is 7.11 Å². The maximum Gasteiger partial charge on any atom is 0.215 e. The summed E-state index contributed by atoms with van der Waals surface area (Å²) in [6, 6.07) is 0. The Morgan fingerprint density at radius 1 is 1.06 bits per heavy atom. The van der Waals surface area contributed by atoms with Crippen molar-refractivity contribution in [1.82, 2.24) is 0 Å². The zero-order valence-corrected chi connectivity index (χ0v) is 15.5. The summed E-state index contributed by atoms with van der Waals surface area (Å²) in [6.45, 7) is 14.7. The minimum Gasteiger partial charge on any atom is -0.429 e. The molecule has 0 amide bonds. The average Bonchev–Trinajstić information content (AvgIpc) is 2.25. The Morgan fingerprint density at radius 3 is 1.72 bits per heavy atom. The molecule has 1 atom stereocenters. The molecule has 0 radical (unpaired) electrons. The van der Waals surface area contributed by atoms with E-state index in [4.69, 9.17) is 9.16 Å². The largest absolute Gasteiger partial charge is 0.429 e. The van der Waals surface area contributed by atoms with E-state index >= 15 is 0 Å². The zero-order valence-electron chi connectivity index (χ0n) is 13.5. The topological polar surface area (TPSA) is 38.7 Å². The van der Waals surface area contributed by atoms with Crippen LogP contribution in [0.2, 0.25) is 26.2 Å². The van der Waals surface area contributed by atoms with Gasteiger partial charge in [-0.05, 0) is 45.5 Å². The molecule has 110 valence electrons. The van der Waals surface area contributed by atoms with Gasteiger partial charge in [0.1, 0.15) is 0 Å². The highest BCUT2D eigenvalue weighted by Gasteiger charge is 2.50. The summed E-state index contributed by atoms with van der Waals surface area (Å²) in [5.74, 6) is 0. The lowest BCUT2D eigenvalue weighted by atomic mass is 10.2. The summed E-state index contributed by atoms with van der Waals surface area (Å²) in [5, 5.41) is -0.339. The first kappa shape index (κ1) is 18.3. The molecule has 0 aliphatic carbocycles. The van der Waals surface area contributed by atoms with Gasteiger partial charge in [-0.1, -0.05) is 20.8 Å². The van der Waals surface area contributed by atoms with Gasteiger partial charge in [-0.2, -0.15) is 0 Å². The lowest BCUT2D eigenvalue weighted by Gasteiger charge is -2.47. The van der Waals surface area contributed by atoms with Crippen molar-refractivity contribution in [2.45, 2.75) is 77.2 Å². The molecule has 3 nitrogen and oxygen atoms in total. The van der Waals surface area contributed by atoms with Crippen LogP contribution in [0.4, 0.5) is 0 Å². The van der Waals surface area contributed by atoms with Gasteiger partial charge in [-0.25, -0.2) is 0 Å². The highest BCUT2D eigenvalue weighted by Crippen LogP contribution is 2.35. The maximum absolute atomic E-state index is 10.6. The summed E-state index contributed by atoms with van der Waals surface area (Å²) in [5.41, 5.74) is 0.186. The molecule has 0 heterocycles. The van der Waals surface area contributed by atoms with Gasteiger partial charge in [-0.15, -0.1) is 0 Å². The Labute approximate surface area is 115 Å². The lowest BCUT2D eigenvalue weighted by molar-refractivity contribution is 0.0685. The van der Waals surface area contributed by atoms with E-state index in [9.17, 15) is 4.80 Å². The van der Waals surface area contributed by atoms with Crippen LogP contribution in [-0.4, -0.2) is 39.5 Å². The van der Waals surface area contributed by atoms with Gasteiger partial charge in [0.25, 0.3) is 0 Å². The van der Waals surface area contributed by atoms with Gasteiger partial charge >= 0.3 is 0 Å². The predicted octanol–water partition coefficient (Wildman–Crippen LogP) is 3.47. The summed E-state index contributed by atoms with van der Waals surface area (Å²) < 4.78 is 12.1. The fraction of sp³-hybridized carbons (Fsp3) is 1.00. The van der Waals surface area contributed by atoms with Crippen molar-refractivity contribution in [3.8, 4) is 0 Å². The Balaban J connectivity index is 5.22. The van der Waals surface area contributed by atoms with Gasteiger partial charge in [0.2, 0.25) is 16.6 Å². The third-order valence-corrected chi connectivity index (χ3v) is 10.5. The Morgan fingerprint density at radius 2 is 1.50 bits per heavy atom.